The molecule has 210 valence electrons. The topological polar surface area (TPSA) is 76.8 Å². The van der Waals surface area contributed by atoms with Crippen LogP contribution < -0.4 is 9.47 Å². The van der Waals surface area contributed by atoms with Gasteiger partial charge in [0.25, 0.3) is 0 Å². The van der Waals surface area contributed by atoms with E-state index in [1.54, 1.807) is 0 Å². The zero-order valence-electron chi connectivity index (χ0n) is 22.9. The number of aromatic nitrogens is 2. The van der Waals surface area contributed by atoms with Crippen LogP contribution in [0.15, 0.2) is 65.1 Å². The van der Waals surface area contributed by atoms with Crippen molar-refractivity contribution in [2.45, 2.75) is 52.2 Å². The van der Waals surface area contributed by atoms with Crippen molar-refractivity contribution in [1.29, 1.82) is 0 Å². The molecule has 8 heteroatoms. The highest BCUT2D eigenvalue weighted by Crippen LogP contribution is 2.27. The van der Waals surface area contributed by atoms with E-state index in [2.05, 4.69) is 55.7 Å². The van der Waals surface area contributed by atoms with Crippen molar-refractivity contribution in [3.8, 4) is 11.5 Å². The van der Waals surface area contributed by atoms with Gasteiger partial charge in [-0.2, -0.15) is 0 Å². The van der Waals surface area contributed by atoms with Crippen LogP contribution in [-0.2, 0) is 30.8 Å². The Bertz CT molecular complexity index is 1460. The van der Waals surface area contributed by atoms with Gasteiger partial charge in [-0.3, -0.25) is 0 Å². The van der Waals surface area contributed by atoms with E-state index in [0.717, 1.165) is 69.6 Å². The Labute approximate surface area is 243 Å². The van der Waals surface area contributed by atoms with Crippen molar-refractivity contribution < 1.29 is 19.4 Å². The van der Waals surface area contributed by atoms with Crippen molar-refractivity contribution in [1.82, 2.24) is 14.5 Å². The zero-order chi connectivity index (χ0) is 27.9. The predicted molar refractivity (Wildman–Crippen MR) is 160 cm³/mol. The first kappa shape index (κ1) is 28.2. The van der Waals surface area contributed by atoms with Crippen molar-refractivity contribution in [3.63, 3.8) is 0 Å². The van der Waals surface area contributed by atoms with Gasteiger partial charge in [-0.15, -0.1) is 0 Å². The molecule has 0 aliphatic carbocycles. The largest absolute Gasteiger partial charge is 0.489 e. The number of carbonyl (C=O) groups is 1. The number of rotatable bonds is 13. The molecule has 40 heavy (non-hydrogen) atoms. The fraction of sp³-hybridized carbons (Fsp3) is 0.375. The molecular formula is C32H36BrN3O4. The number of benzene rings is 3. The number of hydrogen-bond acceptors (Lipinski definition) is 5. The molecule has 1 aliphatic heterocycles. The van der Waals surface area contributed by atoms with Gasteiger partial charge in [0.2, 0.25) is 0 Å². The van der Waals surface area contributed by atoms with Crippen LogP contribution in [-0.4, -0.2) is 51.8 Å². The molecule has 0 radical (unpaired) electrons. The van der Waals surface area contributed by atoms with E-state index < -0.39 is 5.97 Å². The molecule has 1 fully saturated rings. The average molecular weight is 607 g/mol. The highest BCUT2D eigenvalue weighted by molar-refractivity contribution is 9.10. The van der Waals surface area contributed by atoms with Crippen LogP contribution in [0.4, 0.5) is 0 Å². The van der Waals surface area contributed by atoms with Gasteiger partial charge in [-0.05, 0) is 92.8 Å². The number of fused-ring (bicyclic) bond motifs is 1. The molecular weight excluding hydrogens is 570 g/mol. The maximum Gasteiger partial charge on any atom is 0.341 e. The molecule has 1 aliphatic rings. The number of halogens is 1. The van der Waals surface area contributed by atoms with Crippen LogP contribution in [0.5, 0.6) is 11.5 Å². The zero-order valence-corrected chi connectivity index (χ0v) is 24.5. The van der Waals surface area contributed by atoms with E-state index in [1.165, 1.54) is 25.9 Å². The summed E-state index contributed by atoms with van der Waals surface area (Å²) in [5, 5.41) is 8.94. The van der Waals surface area contributed by atoms with Crippen molar-refractivity contribution in [2.24, 2.45) is 0 Å². The first-order chi connectivity index (χ1) is 19.5. The fourth-order valence-electron chi connectivity index (χ4n) is 5.37. The van der Waals surface area contributed by atoms with Crippen LogP contribution in [0.25, 0.3) is 11.0 Å². The van der Waals surface area contributed by atoms with Gasteiger partial charge in [-0.1, -0.05) is 47.1 Å². The van der Waals surface area contributed by atoms with Crippen molar-refractivity contribution in [3.05, 3.63) is 87.7 Å². The normalized spacial score (nSPS) is 13.7. The molecule has 0 unspecified atom stereocenters. The number of carboxylic acid groups (broad SMARTS) is 1. The smallest absolute Gasteiger partial charge is 0.341 e. The Balaban J connectivity index is 1.33. The molecule has 0 amide bonds. The lowest BCUT2D eigenvalue weighted by molar-refractivity contribution is -0.139. The van der Waals surface area contributed by atoms with Gasteiger partial charge in [0.1, 0.15) is 23.9 Å². The summed E-state index contributed by atoms with van der Waals surface area (Å²) in [6, 6.07) is 20.3. The third kappa shape index (κ3) is 7.04. The lowest BCUT2D eigenvalue weighted by Crippen LogP contribution is -2.21. The van der Waals surface area contributed by atoms with Crippen molar-refractivity contribution in [2.75, 3.05) is 26.2 Å². The van der Waals surface area contributed by atoms with Crippen LogP contribution in [0, 0.1) is 0 Å². The molecule has 4 aromatic rings. The number of aliphatic carboxylic acids is 1. The van der Waals surface area contributed by atoms with E-state index >= 15 is 0 Å². The number of likely N-dealkylation sites (tertiary alicyclic amines) is 1. The van der Waals surface area contributed by atoms with Gasteiger partial charge in [0.15, 0.2) is 6.61 Å². The van der Waals surface area contributed by atoms with Gasteiger partial charge < -0.3 is 24.0 Å². The van der Waals surface area contributed by atoms with Crippen LogP contribution in [0.3, 0.4) is 0 Å². The second-order valence-corrected chi connectivity index (χ2v) is 11.2. The van der Waals surface area contributed by atoms with E-state index in [4.69, 9.17) is 19.6 Å². The van der Waals surface area contributed by atoms with E-state index in [0.29, 0.717) is 18.9 Å². The van der Waals surface area contributed by atoms with Gasteiger partial charge in [0.05, 0.1) is 17.6 Å². The number of hydrogen-bond donors (Lipinski definition) is 1. The Morgan fingerprint density at radius 2 is 1.80 bits per heavy atom. The van der Waals surface area contributed by atoms with E-state index in [9.17, 15) is 4.79 Å². The first-order valence-corrected chi connectivity index (χ1v) is 14.8. The van der Waals surface area contributed by atoms with E-state index in [-0.39, 0.29) is 6.61 Å². The maximum atomic E-state index is 10.9. The first-order valence-electron chi connectivity index (χ1n) is 14.0. The minimum atomic E-state index is -0.987. The van der Waals surface area contributed by atoms with Gasteiger partial charge in [0, 0.05) is 16.5 Å². The highest BCUT2D eigenvalue weighted by Gasteiger charge is 2.16. The minimum Gasteiger partial charge on any atom is -0.489 e. The molecule has 5 rings (SSSR count). The summed E-state index contributed by atoms with van der Waals surface area (Å²) in [4.78, 5) is 18.5. The Kier molecular flexibility index (Phi) is 9.39. The van der Waals surface area contributed by atoms with Crippen molar-refractivity contribution >= 4 is 32.9 Å². The molecule has 0 atom stereocenters. The second-order valence-electron chi connectivity index (χ2n) is 10.3. The Morgan fingerprint density at radius 1 is 1.00 bits per heavy atom. The summed E-state index contributed by atoms with van der Waals surface area (Å²) in [5.74, 6) is 1.56. The standard InChI is InChI=1S/C32H36BrN3O4/c1-2-24-18-23(11-14-30(24)40-22-32(37)38)21-39-29-9-4-3-8-25(29)20-36-28-13-12-26(33)19-27(28)34-31(36)10-7-17-35-15-5-6-16-35/h3-4,8-9,11-14,18-19H,2,5-7,10,15-17,20-22H2,1H3,(H,37,38). The average Bonchev–Trinajstić information content (AvgIpc) is 3.59. The number of nitrogens with zero attached hydrogens (tertiary/aromatic N) is 3. The van der Waals surface area contributed by atoms with E-state index in [1.807, 2.05) is 37.3 Å². The monoisotopic (exact) mass is 605 g/mol. The third-order valence-electron chi connectivity index (χ3n) is 7.42. The Morgan fingerprint density at radius 3 is 2.60 bits per heavy atom. The number of aryl methyl sites for hydroxylation is 2. The molecule has 2 heterocycles. The number of para-hydroxylation sites is 1. The lowest BCUT2D eigenvalue weighted by atomic mass is 10.1. The number of ether oxygens (including phenoxy) is 2. The highest BCUT2D eigenvalue weighted by atomic mass is 79.9. The SMILES string of the molecule is CCc1cc(COc2ccccc2Cn2c(CCCN3CCCC3)nc3cc(Br)ccc32)ccc1OCC(=O)O. The molecule has 1 saturated heterocycles. The molecule has 0 bridgehead atoms. The number of carboxylic acids is 1. The predicted octanol–water partition coefficient (Wildman–Crippen LogP) is 6.48. The van der Waals surface area contributed by atoms with Crippen LogP contribution in [0.2, 0.25) is 0 Å². The summed E-state index contributed by atoms with van der Waals surface area (Å²) >= 11 is 3.60. The minimum absolute atomic E-state index is 0.351. The molecule has 0 spiro atoms. The molecule has 7 nitrogen and oxygen atoms in total. The van der Waals surface area contributed by atoms with Gasteiger partial charge in [-0.25, -0.2) is 9.78 Å². The summed E-state index contributed by atoms with van der Waals surface area (Å²) in [7, 11) is 0. The quantitative estimate of drug-likeness (QED) is 0.188. The van der Waals surface area contributed by atoms with Gasteiger partial charge >= 0.3 is 5.97 Å². The summed E-state index contributed by atoms with van der Waals surface area (Å²) in [6.45, 7) is 6.30. The summed E-state index contributed by atoms with van der Waals surface area (Å²) < 4.78 is 15.1. The molecule has 1 aromatic heterocycles. The molecule has 3 aromatic carbocycles. The van der Waals surface area contributed by atoms with Crippen LogP contribution in [0.1, 0.15) is 48.7 Å². The summed E-state index contributed by atoms with van der Waals surface area (Å²) in [6.07, 6.45) is 5.39. The maximum absolute atomic E-state index is 10.9. The number of imidazole rings is 1. The molecule has 1 N–H and O–H groups in total. The molecule has 0 saturated carbocycles. The van der Waals surface area contributed by atoms with Crippen LogP contribution >= 0.6 is 15.9 Å². The third-order valence-corrected chi connectivity index (χ3v) is 7.91. The lowest BCUT2D eigenvalue weighted by Gasteiger charge is -2.16. The summed E-state index contributed by atoms with van der Waals surface area (Å²) in [5.41, 5.74) is 5.20. The Hall–Kier alpha value is -3.36. The second kappa shape index (κ2) is 13.3. The fourth-order valence-corrected chi connectivity index (χ4v) is 5.72.